The molecule has 0 atom stereocenters. The van der Waals surface area contributed by atoms with Gasteiger partial charge in [-0.3, -0.25) is 4.79 Å². The van der Waals surface area contributed by atoms with Crippen LogP contribution in [0.2, 0.25) is 10.0 Å². The highest BCUT2D eigenvalue weighted by atomic mass is 35.5. The Morgan fingerprint density at radius 1 is 1.09 bits per heavy atom. The molecule has 1 N–H and O–H groups in total. The fourth-order valence-corrected chi connectivity index (χ4v) is 2.64. The van der Waals surface area contributed by atoms with E-state index in [9.17, 15) is 4.79 Å². The molecule has 0 aliphatic rings. The van der Waals surface area contributed by atoms with E-state index in [-0.39, 0.29) is 12.3 Å². The van der Waals surface area contributed by atoms with Crippen LogP contribution in [-0.2, 0) is 11.2 Å². The van der Waals surface area contributed by atoms with Gasteiger partial charge in [-0.2, -0.15) is 0 Å². The van der Waals surface area contributed by atoms with Crippen LogP contribution >= 0.6 is 23.2 Å². The summed E-state index contributed by atoms with van der Waals surface area (Å²) >= 11 is 12.1. The molecule has 0 heterocycles. The molecule has 23 heavy (non-hydrogen) atoms. The van der Waals surface area contributed by atoms with E-state index in [1.807, 2.05) is 18.2 Å². The van der Waals surface area contributed by atoms with E-state index in [0.29, 0.717) is 22.2 Å². The van der Waals surface area contributed by atoms with Crippen LogP contribution in [0.25, 0.3) is 0 Å². The second kappa shape index (κ2) is 8.09. The Bertz CT molecular complexity index is 684. The number of halogens is 2. The first kappa shape index (κ1) is 17.4. The SMILES string of the molecule is COc1ccc(OC)c(CCC(=O)Nc2c(Cl)cccc2Cl)c1. The third-order valence-corrected chi connectivity index (χ3v) is 3.97. The second-order valence-electron chi connectivity index (χ2n) is 4.82. The number of carbonyl (C=O) groups is 1. The fourth-order valence-electron chi connectivity index (χ4n) is 2.14. The normalized spacial score (nSPS) is 10.3. The quantitative estimate of drug-likeness (QED) is 0.826. The van der Waals surface area contributed by atoms with Crippen molar-refractivity contribution in [1.82, 2.24) is 0 Å². The Labute approximate surface area is 145 Å². The molecule has 6 heteroatoms. The number of ether oxygens (including phenoxy) is 2. The van der Waals surface area contributed by atoms with E-state index >= 15 is 0 Å². The zero-order chi connectivity index (χ0) is 16.8. The summed E-state index contributed by atoms with van der Waals surface area (Å²) in [6.07, 6.45) is 0.777. The minimum atomic E-state index is -0.176. The number of anilines is 1. The van der Waals surface area contributed by atoms with Crippen LogP contribution in [0.4, 0.5) is 5.69 Å². The number of benzene rings is 2. The second-order valence-corrected chi connectivity index (χ2v) is 5.64. The van der Waals surface area contributed by atoms with E-state index in [2.05, 4.69) is 5.32 Å². The van der Waals surface area contributed by atoms with Crippen molar-refractivity contribution in [1.29, 1.82) is 0 Å². The maximum Gasteiger partial charge on any atom is 0.224 e. The van der Waals surface area contributed by atoms with Crippen LogP contribution in [0, 0.1) is 0 Å². The summed E-state index contributed by atoms with van der Waals surface area (Å²) in [5.74, 6) is 1.26. The molecule has 0 saturated carbocycles. The maximum absolute atomic E-state index is 12.1. The van der Waals surface area contributed by atoms with Crippen molar-refractivity contribution in [3.05, 3.63) is 52.0 Å². The third-order valence-electron chi connectivity index (χ3n) is 3.34. The molecule has 0 radical (unpaired) electrons. The van der Waals surface area contributed by atoms with Gasteiger partial charge < -0.3 is 14.8 Å². The number of nitrogens with one attached hydrogen (secondary N) is 1. The number of methoxy groups -OCH3 is 2. The van der Waals surface area contributed by atoms with Crippen molar-refractivity contribution in [2.24, 2.45) is 0 Å². The molecule has 122 valence electrons. The van der Waals surface area contributed by atoms with Gasteiger partial charge in [0.2, 0.25) is 5.91 Å². The van der Waals surface area contributed by atoms with Crippen LogP contribution in [-0.4, -0.2) is 20.1 Å². The van der Waals surface area contributed by atoms with Gasteiger partial charge in [0, 0.05) is 6.42 Å². The minimum absolute atomic E-state index is 0.176. The molecule has 0 unspecified atom stereocenters. The van der Waals surface area contributed by atoms with E-state index < -0.39 is 0 Å². The van der Waals surface area contributed by atoms with Crippen molar-refractivity contribution in [2.45, 2.75) is 12.8 Å². The van der Waals surface area contributed by atoms with Crippen LogP contribution in [0.1, 0.15) is 12.0 Å². The number of aryl methyl sites for hydroxylation is 1. The topological polar surface area (TPSA) is 47.6 Å². The largest absolute Gasteiger partial charge is 0.497 e. The lowest BCUT2D eigenvalue weighted by molar-refractivity contribution is -0.116. The molecule has 0 aliphatic carbocycles. The van der Waals surface area contributed by atoms with Crippen molar-refractivity contribution < 1.29 is 14.3 Å². The zero-order valence-corrected chi connectivity index (χ0v) is 14.4. The summed E-state index contributed by atoms with van der Waals surface area (Å²) < 4.78 is 10.5. The number of rotatable bonds is 6. The molecule has 2 aromatic rings. The van der Waals surface area contributed by atoms with Gasteiger partial charge in [-0.05, 0) is 42.3 Å². The lowest BCUT2D eigenvalue weighted by Gasteiger charge is -2.11. The highest BCUT2D eigenvalue weighted by Gasteiger charge is 2.12. The lowest BCUT2D eigenvalue weighted by Crippen LogP contribution is -2.13. The van der Waals surface area contributed by atoms with Gasteiger partial charge in [0.1, 0.15) is 11.5 Å². The predicted molar refractivity (Wildman–Crippen MR) is 93.0 cm³/mol. The Hall–Kier alpha value is -1.91. The number of para-hydroxylation sites is 1. The van der Waals surface area contributed by atoms with Crippen LogP contribution in [0.15, 0.2) is 36.4 Å². The molecule has 1 amide bonds. The highest BCUT2D eigenvalue weighted by molar-refractivity contribution is 6.39. The summed E-state index contributed by atoms with van der Waals surface area (Å²) in [7, 11) is 3.19. The van der Waals surface area contributed by atoms with Gasteiger partial charge in [-0.1, -0.05) is 29.3 Å². The fraction of sp³-hybridized carbons (Fsp3) is 0.235. The van der Waals surface area contributed by atoms with E-state index in [1.54, 1.807) is 32.4 Å². The molecule has 0 saturated heterocycles. The van der Waals surface area contributed by atoms with Crippen molar-refractivity contribution in [3.8, 4) is 11.5 Å². The first-order valence-electron chi connectivity index (χ1n) is 7.00. The van der Waals surface area contributed by atoms with Gasteiger partial charge in [-0.15, -0.1) is 0 Å². The molecule has 0 spiro atoms. The summed E-state index contributed by atoms with van der Waals surface area (Å²) in [6.45, 7) is 0. The molecule has 4 nitrogen and oxygen atoms in total. The number of amides is 1. The van der Waals surface area contributed by atoms with E-state index in [1.165, 1.54) is 0 Å². The first-order valence-corrected chi connectivity index (χ1v) is 7.75. The Morgan fingerprint density at radius 3 is 2.39 bits per heavy atom. The maximum atomic E-state index is 12.1. The lowest BCUT2D eigenvalue weighted by atomic mass is 10.1. The Kier molecular flexibility index (Phi) is 6.13. The summed E-state index contributed by atoms with van der Waals surface area (Å²) in [5.41, 5.74) is 1.32. The summed E-state index contributed by atoms with van der Waals surface area (Å²) in [6, 6.07) is 10.6. The summed E-state index contributed by atoms with van der Waals surface area (Å²) in [5, 5.41) is 3.55. The smallest absolute Gasteiger partial charge is 0.224 e. The Balaban J connectivity index is 2.05. The van der Waals surface area contributed by atoms with Crippen molar-refractivity contribution in [2.75, 3.05) is 19.5 Å². The molecule has 2 rings (SSSR count). The van der Waals surface area contributed by atoms with Crippen LogP contribution in [0.5, 0.6) is 11.5 Å². The highest BCUT2D eigenvalue weighted by Crippen LogP contribution is 2.30. The summed E-state index contributed by atoms with van der Waals surface area (Å²) in [4.78, 5) is 12.1. The standard InChI is InChI=1S/C17H17Cl2NO3/c1-22-12-7-8-15(23-2)11(10-12)6-9-16(21)20-17-13(18)4-3-5-14(17)19/h3-5,7-8,10H,6,9H2,1-2H3,(H,20,21). The third kappa shape index (κ3) is 4.53. The van der Waals surface area contributed by atoms with Gasteiger partial charge in [-0.25, -0.2) is 0 Å². The molecule has 2 aromatic carbocycles. The minimum Gasteiger partial charge on any atom is -0.497 e. The zero-order valence-electron chi connectivity index (χ0n) is 12.9. The van der Waals surface area contributed by atoms with Crippen LogP contribution in [0.3, 0.4) is 0 Å². The molecule has 0 fully saturated rings. The van der Waals surface area contributed by atoms with Crippen molar-refractivity contribution in [3.63, 3.8) is 0 Å². The monoisotopic (exact) mass is 353 g/mol. The van der Waals surface area contributed by atoms with Gasteiger partial charge >= 0.3 is 0 Å². The molecular weight excluding hydrogens is 337 g/mol. The average molecular weight is 354 g/mol. The van der Waals surface area contributed by atoms with E-state index in [4.69, 9.17) is 32.7 Å². The van der Waals surface area contributed by atoms with Gasteiger partial charge in [0.15, 0.2) is 0 Å². The molecule has 0 aromatic heterocycles. The van der Waals surface area contributed by atoms with Gasteiger partial charge in [0.25, 0.3) is 0 Å². The van der Waals surface area contributed by atoms with E-state index in [0.717, 1.165) is 17.1 Å². The molecule has 0 bridgehead atoms. The number of hydrogen-bond donors (Lipinski definition) is 1. The van der Waals surface area contributed by atoms with Gasteiger partial charge in [0.05, 0.1) is 30.0 Å². The average Bonchev–Trinajstić information content (AvgIpc) is 2.56. The predicted octanol–water partition coefficient (Wildman–Crippen LogP) is 4.58. The number of carbonyl (C=O) groups excluding carboxylic acids is 1. The molecular formula is C17H17Cl2NO3. The van der Waals surface area contributed by atoms with Crippen LogP contribution < -0.4 is 14.8 Å². The first-order chi connectivity index (χ1) is 11.0. The molecule has 0 aliphatic heterocycles. The Morgan fingerprint density at radius 2 is 1.78 bits per heavy atom. The number of hydrogen-bond acceptors (Lipinski definition) is 3. The van der Waals surface area contributed by atoms with Crippen molar-refractivity contribution >= 4 is 34.8 Å².